The molecule has 0 heterocycles. The van der Waals surface area contributed by atoms with Crippen molar-refractivity contribution >= 4 is 44.9 Å². The Hall–Kier alpha value is -0.830. The highest BCUT2D eigenvalue weighted by Crippen LogP contribution is 2.27. The van der Waals surface area contributed by atoms with Gasteiger partial charge in [0, 0.05) is 20.6 Å². The highest BCUT2D eigenvalue weighted by molar-refractivity contribution is 9.10. The predicted molar refractivity (Wildman–Crippen MR) is 78.8 cm³/mol. The topological polar surface area (TPSA) is 17.1 Å². The number of aryl methyl sites for hydroxylation is 1. The van der Waals surface area contributed by atoms with Crippen LogP contribution in [-0.2, 0) is 0 Å². The lowest BCUT2D eigenvalue weighted by Crippen LogP contribution is -2.03. The van der Waals surface area contributed by atoms with Crippen LogP contribution in [-0.4, -0.2) is 5.78 Å². The summed E-state index contributed by atoms with van der Waals surface area (Å²) in [7, 11) is 0. The SMILES string of the molecule is Cc1ccc(C(=O)c2ccc(Cl)cc2Cl)c(Br)c1. The van der Waals surface area contributed by atoms with Crippen LogP contribution in [0.3, 0.4) is 0 Å². The zero-order valence-electron chi connectivity index (χ0n) is 9.51. The van der Waals surface area contributed by atoms with E-state index in [-0.39, 0.29) is 5.78 Å². The molecular formula is C14H9BrCl2O. The molecule has 0 aliphatic rings. The van der Waals surface area contributed by atoms with Gasteiger partial charge in [-0.15, -0.1) is 0 Å². The highest BCUT2D eigenvalue weighted by Gasteiger charge is 2.15. The van der Waals surface area contributed by atoms with Crippen molar-refractivity contribution < 1.29 is 4.79 Å². The first-order valence-corrected chi connectivity index (χ1v) is 6.80. The average molecular weight is 344 g/mol. The van der Waals surface area contributed by atoms with Crippen molar-refractivity contribution in [3.63, 3.8) is 0 Å². The molecule has 0 atom stereocenters. The summed E-state index contributed by atoms with van der Waals surface area (Å²) in [4.78, 5) is 12.4. The van der Waals surface area contributed by atoms with Gasteiger partial charge >= 0.3 is 0 Å². The summed E-state index contributed by atoms with van der Waals surface area (Å²) < 4.78 is 0.763. The maximum Gasteiger partial charge on any atom is 0.195 e. The van der Waals surface area contributed by atoms with E-state index in [1.165, 1.54) is 0 Å². The van der Waals surface area contributed by atoms with Gasteiger partial charge in [0.2, 0.25) is 0 Å². The van der Waals surface area contributed by atoms with Gasteiger partial charge in [-0.1, -0.05) is 45.2 Å². The first-order valence-electron chi connectivity index (χ1n) is 5.25. The van der Waals surface area contributed by atoms with Crippen LogP contribution in [0.2, 0.25) is 10.0 Å². The molecule has 0 unspecified atom stereocenters. The summed E-state index contributed by atoms with van der Waals surface area (Å²) in [5, 5.41) is 0.875. The Morgan fingerprint density at radius 3 is 2.33 bits per heavy atom. The fourth-order valence-corrected chi connectivity index (χ4v) is 2.79. The van der Waals surface area contributed by atoms with Gasteiger partial charge in [-0.3, -0.25) is 4.79 Å². The Bertz CT molecular complexity index is 570. The lowest BCUT2D eigenvalue weighted by molar-refractivity contribution is 0.103. The molecule has 0 N–H and O–H groups in total. The second kappa shape index (κ2) is 5.43. The number of hydrogen-bond donors (Lipinski definition) is 0. The highest BCUT2D eigenvalue weighted by atomic mass is 79.9. The summed E-state index contributed by atoms with van der Waals surface area (Å²) in [5.74, 6) is -0.122. The lowest BCUT2D eigenvalue weighted by atomic mass is 10.0. The van der Waals surface area contributed by atoms with Crippen molar-refractivity contribution in [2.45, 2.75) is 6.92 Å². The maximum atomic E-state index is 12.4. The minimum Gasteiger partial charge on any atom is -0.289 e. The van der Waals surface area contributed by atoms with Crippen molar-refractivity contribution in [1.29, 1.82) is 0 Å². The van der Waals surface area contributed by atoms with Crippen LogP contribution in [0.15, 0.2) is 40.9 Å². The summed E-state index contributed by atoms with van der Waals surface area (Å²) >= 11 is 15.2. The lowest BCUT2D eigenvalue weighted by Gasteiger charge is -2.07. The molecule has 2 aromatic carbocycles. The molecule has 0 saturated carbocycles. The molecule has 0 aromatic heterocycles. The van der Waals surface area contributed by atoms with E-state index in [2.05, 4.69) is 15.9 Å². The van der Waals surface area contributed by atoms with Gasteiger partial charge in [0.05, 0.1) is 5.02 Å². The van der Waals surface area contributed by atoms with Crippen LogP contribution in [0.1, 0.15) is 21.5 Å². The van der Waals surface area contributed by atoms with E-state index in [9.17, 15) is 4.79 Å². The molecule has 0 bridgehead atoms. The standard InChI is InChI=1S/C14H9BrCl2O/c1-8-2-4-10(12(15)6-8)14(18)11-5-3-9(16)7-13(11)17/h2-7H,1H3. The fourth-order valence-electron chi connectivity index (χ4n) is 1.62. The predicted octanol–water partition coefficient (Wildman–Crippen LogP) is 5.30. The van der Waals surface area contributed by atoms with Gasteiger partial charge < -0.3 is 0 Å². The van der Waals surface area contributed by atoms with Gasteiger partial charge in [-0.05, 0) is 42.8 Å². The first kappa shape index (κ1) is 13.6. The molecule has 0 amide bonds. The van der Waals surface area contributed by atoms with E-state index in [0.29, 0.717) is 21.2 Å². The zero-order chi connectivity index (χ0) is 13.3. The van der Waals surface area contributed by atoms with Crippen LogP contribution >= 0.6 is 39.1 Å². The molecular weight excluding hydrogens is 335 g/mol. The molecule has 0 aliphatic carbocycles. The number of benzene rings is 2. The van der Waals surface area contributed by atoms with Crippen LogP contribution in [0.5, 0.6) is 0 Å². The molecule has 2 rings (SSSR count). The summed E-state index contributed by atoms with van der Waals surface area (Å²) in [5.41, 5.74) is 2.12. The zero-order valence-corrected chi connectivity index (χ0v) is 12.6. The van der Waals surface area contributed by atoms with Crippen molar-refractivity contribution in [3.8, 4) is 0 Å². The third-order valence-corrected chi connectivity index (χ3v) is 3.75. The van der Waals surface area contributed by atoms with E-state index in [0.717, 1.165) is 10.0 Å². The number of carbonyl (C=O) groups excluding carboxylic acids is 1. The Kier molecular flexibility index (Phi) is 4.10. The molecule has 92 valence electrons. The van der Waals surface area contributed by atoms with Gasteiger partial charge in [-0.2, -0.15) is 0 Å². The first-order chi connectivity index (χ1) is 8.49. The number of ketones is 1. The molecule has 2 aromatic rings. The van der Waals surface area contributed by atoms with E-state index in [1.54, 1.807) is 24.3 Å². The van der Waals surface area contributed by atoms with Gasteiger partial charge in [0.15, 0.2) is 5.78 Å². The third-order valence-electron chi connectivity index (χ3n) is 2.54. The Morgan fingerprint density at radius 2 is 1.72 bits per heavy atom. The molecule has 0 saturated heterocycles. The number of halogens is 3. The largest absolute Gasteiger partial charge is 0.289 e. The Labute approximate surface area is 124 Å². The second-order valence-electron chi connectivity index (χ2n) is 3.94. The van der Waals surface area contributed by atoms with Gasteiger partial charge in [0.25, 0.3) is 0 Å². The van der Waals surface area contributed by atoms with Crippen LogP contribution in [0.25, 0.3) is 0 Å². The molecule has 18 heavy (non-hydrogen) atoms. The minimum absolute atomic E-state index is 0.122. The number of rotatable bonds is 2. The fraction of sp³-hybridized carbons (Fsp3) is 0.0714. The summed E-state index contributed by atoms with van der Waals surface area (Å²) in [6, 6.07) is 10.4. The third kappa shape index (κ3) is 2.77. The van der Waals surface area contributed by atoms with Crippen LogP contribution < -0.4 is 0 Å². The summed E-state index contributed by atoms with van der Waals surface area (Å²) in [6.07, 6.45) is 0. The normalized spacial score (nSPS) is 10.4. The maximum absolute atomic E-state index is 12.4. The van der Waals surface area contributed by atoms with Crippen molar-refractivity contribution in [2.75, 3.05) is 0 Å². The van der Waals surface area contributed by atoms with Crippen molar-refractivity contribution in [2.24, 2.45) is 0 Å². The molecule has 0 radical (unpaired) electrons. The average Bonchev–Trinajstić information content (AvgIpc) is 2.28. The molecule has 0 spiro atoms. The van der Waals surface area contributed by atoms with E-state index in [1.807, 2.05) is 19.1 Å². The number of hydrogen-bond acceptors (Lipinski definition) is 1. The molecule has 1 nitrogen and oxygen atoms in total. The van der Waals surface area contributed by atoms with Gasteiger partial charge in [-0.25, -0.2) is 0 Å². The Morgan fingerprint density at radius 1 is 1.06 bits per heavy atom. The monoisotopic (exact) mass is 342 g/mol. The molecule has 0 aliphatic heterocycles. The van der Waals surface area contributed by atoms with Crippen LogP contribution in [0.4, 0.5) is 0 Å². The smallest absolute Gasteiger partial charge is 0.195 e. The van der Waals surface area contributed by atoms with Crippen LogP contribution in [0, 0.1) is 6.92 Å². The number of carbonyl (C=O) groups is 1. The van der Waals surface area contributed by atoms with E-state index >= 15 is 0 Å². The molecule has 4 heteroatoms. The second-order valence-corrected chi connectivity index (χ2v) is 5.63. The Balaban J connectivity index is 2.48. The summed E-state index contributed by atoms with van der Waals surface area (Å²) in [6.45, 7) is 1.97. The van der Waals surface area contributed by atoms with Gasteiger partial charge in [0.1, 0.15) is 0 Å². The van der Waals surface area contributed by atoms with Crippen molar-refractivity contribution in [3.05, 3.63) is 67.6 Å². The van der Waals surface area contributed by atoms with Crippen molar-refractivity contribution in [1.82, 2.24) is 0 Å². The minimum atomic E-state index is -0.122. The van der Waals surface area contributed by atoms with E-state index < -0.39 is 0 Å². The van der Waals surface area contributed by atoms with E-state index in [4.69, 9.17) is 23.2 Å². The quantitative estimate of drug-likeness (QED) is 0.676. The molecule has 0 fully saturated rings.